The van der Waals surface area contributed by atoms with E-state index in [2.05, 4.69) is 15.2 Å². The number of H-pyrrole nitrogens is 1. The minimum Gasteiger partial charge on any atom is -0.468 e. The van der Waals surface area contributed by atoms with Crippen molar-refractivity contribution in [1.82, 2.24) is 19.6 Å². The number of carbonyl (C=O) groups excluding carboxylic acids is 1. The molecule has 108 valence electrons. The van der Waals surface area contributed by atoms with Crippen molar-refractivity contribution < 1.29 is 9.53 Å². The Balaban J connectivity index is 2.48. The summed E-state index contributed by atoms with van der Waals surface area (Å²) in [6, 6.07) is 0. The Morgan fingerprint density at radius 2 is 2.15 bits per heavy atom. The summed E-state index contributed by atoms with van der Waals surface area (Å²) in [6.45, 7) is 5.46. The van der Waals surface area contributed by atoms with E-state index in [0.29, 0.717) is 22.9 Å². The predicted octanol–water partition coefficient (Wildman–Crippen LogP) is 1.08. The summed E-state index contributed by atoms with van der Waals surface area (Å²) in [5.41, 5.74) is 1.18. The van der Waals surface area contributed by atoms with E-state index in [4.69, 9.17) is 4.74 Å². The highest BCUT2D eigenvalue weighted by Crippen LogP contribution is 2.25. The molecule has 0 spiro atoms. The molecule has 0 unspecified atom stereocenters. The van der Waals surface area contributed by atoms with Crippen molar-refractivity contribution in [3.05, 3.63) is 21.6 Å². The second kappa shape index (κ2) is 5.66. The first-order valence-corrected chi connectivity index (χ1v) is 7.06. The molecular formula is C12H16N4O3S. The molecule has 0 amide bonds. The summed E-state index contributed by atoms with van der Waals surface area (Å²) in [5, 5.41) is 8.20. The van der Waals surface area contributed by atoms with Gasteiger partial charge in [-0.15, -0.1) is 10.2 Å². The van der Waals surface area contributed by atoms with Crippen LogP contribution in [0.2, 0.25) is 0 Å². The summed E-state index contributed by atoms with van der Waals surface area (Å²) in [4.78, 5) is 26.0. The Morgan fingerprint density at radius 3 is 2.75 bits per heavy atom. The lowest BCUT2D eigenvalue weighted by molar-refractivity contribution is -0.140. The average molecular weight is 296 g/mol. The summed E-state index contributed by atoms with van der Waals surface area (Å²) in [5.74, 6) is 0.0772. The van der Waals surface area contributed by atoms with Gasteiger partial charge in [0.2, 0.25) is 5.78 Å². The van der Waals surface area contributed by atoms with Crippen LogP contribution in [-0.2, 0) is 9.53 Å². The minimum atomic E-state index is -0.348. The molecule has 2 aromatic rings. The maximum Gasteiger partial charge on any atom is 0.319 e. The van der Waals surface area contributed by atoms with Crippen LogP contribution in [0.1, 0.15) is 24.6 Å². The molecule has 2 rings (SSSR count). The zero-order chi connectivity index (χ0) is 14.9. The van der Waals surface area contributed by atoms with Crippen LogP contribution in [0, 0.1) is 13.8 Å². The van der Waals surface area contributed by atoms with Crippen molar-refractivity contribution in [2.75, 3.05) is 7.11 Å². The van der Waals surface area contributed by atoms with E-state index >= 15 is 0 Å². The van der Waals surface area contributed by atoms with Crippen LogP contribution in [0.5, 0.6) is 0 Å². The molecule has 0 bridgehead atoms. The number of nitrogens with one attached hydrogen (secondary N) is 1. The summed E-state index contributed by atoms with van der Waals surface area (Å²) in [7, 11) is 1.36. The van der Waals surface area contributed by atoms with E-state index in [1.807, 2.05) is 13.8 Å². The number of fused-ring (bicyclic) bond motifs is 1. The molecule has 1 N–H and O–H groups in total. The number of aryl methyl sites for hydroxylation is 1. The van der Waals surface area contributed by atoms with Gasteiger partial charge in [0.15, 0.2) is 5.16 Å². The molecule has 0 saturated heterocycles. The zero-order valence-corrected chi connectivity index (χ0v) is 12.6. The van der Waals surface area contributed by atoms with Crippen LogP contribution >= 0.6 is 11.8 Å². The van der Waals surface area contributed by atoms with Gasteiger partial charge in [-0.3, -0.25) is 19.0 Å². The molecule has 0 saturated carbocycles. The number of nitrogens with zero attached hydrogens (tertiary/aromatic N) is 3. The van der Waals surface area contributed by atoms with Crippen LogP contribution in [0.3, 0.4) is 0 Å². The van der Waals surface area contributed by atoms with Gasteiger partial charge in [0, 0.05) is 11.3 Å². The van der Waals surface area contributed by atoms with E-state index in [-0.39, 0.29) is 16.8 Å². The summed E-state index contributed by atoms with van der Waals surface area (Å²) >= 11 is 1.28. The first-order valence-electron chi connectivity index (χ1n) is 6.18. The fourth-order valence-corrected chi connectivity index (χ4v) is 2.84. The van der Waals surface area contributed by atoms with E-state index in [9.17, 15) is 9.59 Å². The topological polar surface area (TPSA) is 89.4 Å². The Hall–Kier alpha value is -1.83. The number of rotatable bonds is 4. The van der Waals surface area contributed by atoms with Crippen LogP contribution < -0.4 is 5.56 Å². The van der Waals surface area contributed by atoms with Crippen molar-refractivity contribution in [2.45, 2.75) is 37.6 Å². The van der Waals surface area contributed by atoms with Gasteiger partial charge in [-0.1, -0.05) is 18.7 Å². The van der Waals surface area contributed by atoms with E-state index in [0.717, 1.165) is 5.69 Å². The Labute approximate surface area is 119 Å². The number of hydrogen-bond donors (Lipinski definition) is 1. The number of carbonyl (C=O) groups is 1. The first kappa shape index (κ1) is 14.6. The Kier molecular flexibility index (Phi) is 4.12. The van der Waals surface area contributed by atoms with Crippen LogP contribution in [0.25, 0.3) is 5.78 Å². The van der Waals surface area contributed by atoms with E-state index in [1.165, 1.54) is 18.9 Å². The molecular weight excluding hydrogens is 280 g/mol. The molecule has 0 aliphatic carbocycles. The number of aromatic nitrogens is 4. The highest BCUT2D eigenvalue weighted by Gasteiger charge is 2.22. The molecule has 8 heteroatoms. The highest BCUT2D eigenvalue weighted by atomic mass is 32.2. The van der Waals surface area contributed by atoms with Gasteiger partial charge in [-0.25, -0.2) is 0 Å². The molecule has 0 radical (unpaired) electrons. The van der Waals surface area contributed by atoms with Gasteiger partial charge >= 0.3 is 5.97 Å². The molecule has 0 fully saturated rings. The second-order valence-corrected chi connectivity index (χ2v) is 5.51. The quantitative estimate of drug-likeness (QED) is 0.671. The predicted molar refractivity (Wildman–Crippen MR) is 75.0 cm³/mol. The molecule has 2 heterocycles. The Morgan fingerprint density at radius 1 is 1.45 bits per heavy atom. The molecule has 0 aliphatic heterocycles. The lowest BCUT2D eigenvalue weighted by Gasteiger charge is -2.11. The zero-order valence-electron chi connectivity index (χ0n) is 11.8. The SMILES string of the molecule is CC[C@@H](Sc1nnc2[nH]c(=O)c(C)c(C)n12)C(=O)OC. The average Bonchev–Trinajstić information content (AvgIpc) is 2.84. The number of methoxy groups -OCH3 is 1. The van der Waals surface area contributed by atoms with E-state index in [1.54, 1.807) is 11.3 Å². The maximum absolute atomic E-state index is 11.7. The molecule has 0 aromatic carbocycles. The van der Waals surface area contributed by atoms with Gasteiger partial charge in [0.25, 0.3) is 5.56 Å². The van der Waals surface area contributed by atoms with Gasteiger partial charge in [0.1, 0.15) is 5.25 Å². The molecule has 2 aromatic heterocycles. The molecule has 0 aliphatic rings. The second-order valence-electron chi connectivity index (χ2n) is 4.34. The number of hydrogen-bond acceptors (Lipinski definition) is 6. The fourth-order valence-electron chi connectivity index (χ4n) is 1.81. The third-order valence-corrected chi connectivity index (χ3v) is 4.45. The highest BCUT2D eigenvalue weighted by molar-refractivity contribution is 8.00. The number of aromatic amines is 1. The number of thioether (sulfide) groups is 1. The van der Waals surface area contributed by atoms with Gasteiger partial charge in [0.05, 0.1) is 7.11 Å². The van der Waals surface area contributed by atoms with Gasteiger partial charge < -0.3 is 4.74 Å². The van der Waals surface area contributed by atoms with Crippen molar-refractivity contribution >= 4 is 23.5 Å². The third-order valence-electron chi connectivity index (χ3n) is 3.16. The van der Waals surface area contributed by atoms with E-state index < -0.39 is 0 Å². The van der Waals surface area contributed by atoms with Crippen LogP contribution in [-0.4, -0.2) is 37.9 Å². The van der Waals surface area contributed by atoms with Gasteiger partial charge in [-0.2, -0.15) is 0 Å². The van der Waals surface area contributed by atoms with Gasteiger partial charge in [-0.05, 0) is 20.3 Å². The third kappa shape index (κ3) is 2.43. The number of esters is 1. The fraction of sp³-hybridized carbons (Fsp3) is 0.500. The minimum absolute atomic E-state index is 0.182. The largest absolute Gasteiger partial charge is 0.468 e. The molecule has 7 nitrogen and oxygen atoms in total. The van der Waals surface area contributed by atoms with Crippen molar-refractivity contribution in [3.63, 3.8) is 0 Å². The van der Waals surface area contributed by atoms with Crippen molar-refractivity contribution in [1.29, 1.82) is 0 Å². The summed E-state index contributed by atoms with van der Waals surface area (Å²) in [6.07, 6.45) is 0.619. The molecule has 20 heavy (non-hydrogen) atoms. The number of ether oxygens (including phenoxy) is 1. The lowest BCUT2D eigenvalue weighted by Crippen LogP contribution is -2.19. The van der Waals surface area contributed by atoms with Crippen LogP contribution in [0.4, 0.5) is 0 Å². The van der Waals surface area contributed by atoms with Crippen molar-refractivity contribution in [3.8, 4) is 0 Å². The smallest absolute Gasteiger partial charge is 0.319 e. The monoisotopic (exact) mass is 296 g/mol. The van der Waals surface area contributed by atoms with Crippen LogP contribution in [0.15, 0.2) is 9.95 Å². The summed E-state index contributed by atoms with van der Waals surface area (Å²) < 4.78 is 6.51. The standard InChI is InChI=1S/C12H16N4O3S/c1-5-8(10(18)19-4)20-12-15-14-11-13-9(17)6(2)7(3)16(11)12/h8H,5H2,1-4H3,(H,13,14,17)/t8-/m1/s1. The van der Waals surface area contributed by atoms with Crippen molar-refractivity contribution in [2.24, 2.45) is 0 Å². The molecule has 1 atom stereocenters. The normalized spacial score (nSPS) is 12.6. The lowest BCUT2D eigenvalue weighted by atomic mass is 10.3. The maximum atomic E-state index is 11.7. The first-order chi connectivity index (χ1) is 9.49. The Bertz CT molecular complexity index is 707.